The summed E-state index contributed by atoms with van der Waals surface area (Å²) >= 11 is 0. The van der Waals surface area contributed by atoms with Crippen molar-refractivity contribution in [2.75, 3.05) is 4.90 Å². The number of benzene rings is 8. The van der Waals surface area contributed by atoms with E-state index in [1.165, 1.54) is 55.6 Å². The van der Waals surface area contributed by atoms with Crippen LogP contribution in [-0.4, -0.2) is 11.6 Å². The Morgan fingerprint density at radius 3 is 1.53 bits per heavy atom. The molecule has 0 heterocycles. The molecule has 0 atom stereocenters. The highest BCUT2D eigenvalue weighted by Gasteiger charge is 2.33. The van der Waals surface area contributed by atoms with Gasteiger partial charge in [0, 0.05) is 28.2 Å². The van der Waals surface area contributed by atoms with Crippen LogP contribution in [-0.2, 0) is 0 Å². The van der Waals surface area contributed by atoms with E-state index in [0.29, 0.717) is 11.1 Å². The normalized spacial score (nSPS) is 12.4. The number of hydrogen-bond donors (Lipinski definition) is 0. The largest absolute Gasteiger partial charge is 0.310 e. The number of fused-ring (bicyclic) bond motifs is 3. The van der Waals surface area contributed by atoms with Crippen molar-refractivity contribution in [1.82, 2.24) is 0 Å². The van der Waals surface area contributed by atoms with Crippen LogP contribution in [0.2, 0.25) is 0 Å². The lowest BCUT2D eigenvalue weighted by Crippen LogP contribution is -2.10. The highest BCUT2D eigenvalue weighted by molar-refractivity contribution is 6.42. The van der Waals surface area contributed by atoms with E-state index < -0.39 is 0 Å². The molecule has 1 aliphatic rings. The van der Waals surface area contributed by atoms with Gasteiger partial charge in [-0.15, -0.1) is 0 Å². The number of Topliss-reactive ketones (excluding diaryl/α,β-unsaturated/α-hetero) is 2. The van der Waals surface area contributed by atoms with E-state index in [9.17, 15) is 9.59 Å². The Hall–Kier alpha value is -6.84. The van der Waals surface area contributed by atoms with Gasteiger partial charge >= 0.3 is 0 Å². The van der Waals surface area contributed by atoms with Crippen LogP contribution in [0.4, 0.5) is 17.1 Å². The molecular formula is C54H43NO2. The van der Waals surface area contributed by atoms with Crippen LogP contribution >= 0.6 is 0 Å². The molecule has 0 spiro atoms. The molecule has 3 nitrogen and oxygen atoms in total. The molecule has 9 rings (SSSR count). The van der Waals surface area contributed by atoms with Gasteiger partial charge in [-0.25, -0.2) is 0 Å². The zero-order valence-electron chi connectivity index (χ0n) is 33.2. The molecule has 0 fully saturated rings. The van der Waals surface area contributed by atoms with E-state index >= 15 is 0 Å². The number of carbonyl (C=O) groups excluding carboxylic acids is 2. The van der Waals surface area contributed by atoms with Crippen LogP contribution in [0, 0.1) is 41.5 Å². The molecule has 3 heteroatoms. The first kappa shape index (κ1) is 35.8. The van der Waals surface area contributed by atoms with E-state index in [4.69, 9.17) is 0 Å². The van der Waals surface area contributed by atoms with Crippen LogP contribution in [0.1, 0.15) is 59.7 Å². The number of aryl methyl sites for hydroxylation is 6. The zero-order chi connectivity index (χ0) is 39.5. The molecule has 8 aromatic carbocycles. The van der Waals surface area contributed by atoms with Gasteiger partial charge in [-0.1, -0.05) is 96.6 Å². The second kappa shape index (κ2) is 14.0. The van der Waals surface area contributed by atoms with Crippen LogP contribution < -0.4 is 4.90 Å². The summed E-state index contributed by atoms with van der Waals surface area (Å²) in [4.78, 5) is 29.3. The van der Waals surface area contributed by atoms with Crippen molar-refractivity contribution in [1.29, 1.82) is 0 Å². The fourth-order valence-electron chi connectivity index (χ4n) is 8.71. The van der Waals surface area contributed by atoms with Crippen LogP contribution in [0.5, 0.6) is 0 Å². The third kappa shape index (κ3) is 6.45. The molecule has 0 unspecified atom stereocenters. The minimum absolute atomic E-state index is 0.210. The summed E-state index contributed by atoms with van der Waals surface area (Å²) in [6.45, 7) is 13.1. The van der Waals surface area contributed by atoms with Gasteiger partial charge in [-0.05, 0) is 179 Å². The van der Waals surface area contributed by atoms with Gasteiger partial charge in [0.25, 0.3) is 0 Å². The average molecular weight is 738 g/mol. The first-order valence-corrected chi connectivity index (χ1v) is 19.6. The Kier molecular flexibility index (Phi) is 8.82. The van der Waals surface area contributed by atoms with E-state index in [-0.39, 0.29) is 17.1 Å². The molecule has 0 aliphatic heterocycles. The molecule has 0 bridgehead atoms. The van der Waals surface area contributed by atoms with Gasteiger partial charge in [0.05, 0.1) is 5.57 Å². The quantitative estimate of drug-likeness (QED) is 0.126. The molecule has 0 amide bonds. The summed E-state index contributed by atoms with van der Waals surface area (Å²) < 4.78 is 0. The number of hydrogen-bond acceptors (Lipinski definition) is 3. The van der Waals surface area contributed by atoms with Gasteiger partial charge in [-0.2, -0.15) is 0 Å². The molecule has 0 saturated carbocycles. The van der Waals surface area contributed by atoms with Crippen LogP contribution in [0.3, 0.4) is 0 Å². The molecule has 0 aromatic heterocycles. The molecule has 57 heavy (non-hydrogen) atoms. The summed E-state index contributed by atoms with van der Waals surface area (Å²) in [6.07, 6.45) is 1.74. The van der Waals surface area contributed by atoms with Crippen LogP contribution in [0.15, 0.2) is 151 Å². The summed E-state index contributed by atoms with van der Waals surface area (Å²) in [5.74, 6) is -0.437. The Bertz CT molecular complexity index is 2900. The smallest absolute Gasteiger partial charge is 0.197 e. The number of carbonyl (C=O) groups is 2. The highest BCUT2D eigenvalue weighted by Crippen LogP contribution is 2.40. The van der Waals surface area contributed by atoms with Crippen LogP contribution in [0.25, 0.3) is 49.9 Å². The zero-order valence-corrected chi connectivity index (χ0v) is 33.2. The molecule has 0 saturated heterocycles. The van der Waals surface area contributed by atoms with E-state index in [0.717, 1.165) is 44.2 Å². The molecule has 8 aromatic rings. The summed E-state index contributed by atoms with van der Waals surface area (Å²) in [6, 6.07) is 50.9. The Morgan fingerprint density at radius 1 is 0.404 bits per heavy atom. The predicted molar refractivity (Wildman–Crippen MR) is 239 cm³/mol. The monoisotopic (exact) mass is 737 g/mol. The lowest BCUT2D eigenvalue weighted by Gasteiger charge is -2.26. The van der Waals surface area contributed by atoms with E-state index in [1.54, 1.807) is 6.08 Å². The lowest BCUT2D eigenvalue weighted by atomic mass is 9.93. The van der Waals surface area contributed by atoms with Gasteiger partial charge in [0.1, 0.15) is 0 Å². The van der Waals surface area contributed by atoms with Crippen molar-refractivity contribution in [3.8, 4) is 22.3 Å². The Balaban J connectivity index is 1.09. The van der Waals surface area contributed by atoms with Gasteiger partial charge < -0.3 is 4.90 Å². The third-order valence-corrected chi connectivity index (χ3v) is 11.6. The highest BCUT2D eigenvalue weighted by atomic mass is 16.2. The average Bonchev–Trinajstić information content (AvgIpc) is 3.42. The molecule has 0 radical (unpaired) electrons. The van der Waals surface area contributed by atoms with Crippen molar-refractivity contribution < 1.29 is 9.59 Å². The first-order valence-electron chi connectivity index (χ1n) is 19.6. The molecule has 276 valence electrons. The maximum atomic E-state index is 13.5. The van der Waals surface area contributed by atoms with Crippen molar-refractivity contribution in [3.05, 3.63) is 201 Å². The van der Waals surface area contributed by atoms with Crippen molar-refractivity contribution in [2.45, 2.75) is 41.5 Å². The fourth-order valence-corrected chi connectivity index (χ4v) is 8.71. The molecular weight excluding hydrogens is 695 g/mol. The fraction of sp³-hybridized carbons (Fsp3) is 0.111. The topological polar surface area (TPSA) is 37.4 Å². The second-order valence-corrected chi connectivity index (χ2v) is 15.7. The number of anilines is 3. The maximum Gasteiger partial charge on any atom is 0.197 e. The van der Waals surface area contributed by atoms with Gasteiger partial charge in [0.15, 0.2) is 11.6 Å². The van der Waals surface area contributed by atoms with E-state index in [2.05, 4.69) is 150 Å². The summed E-state index contributed by atoms with van der Waals surface area (Å²) in [5, 5.41) is 3.99. The lowest BCUT2D eigenvalue weighted by molar-refractivity contribution is 0.0990. The first-order chi connectivity index (χ1) is 27.5. The second-order valence-electron chi connectivity index (χ2n) is 15.7. The predicted octanol–water partition coefficient (Wildman–Crippen LogP) is 14.1. The Morgan fingerprint density at radius 2 is 0.912 bits per heavy atom. The van der Waals surface area contributed by atoms with E-state index in [1.807, 2.05) is 42.5 Å². The summed E-state index contributed by atoms with van der Waals surface area (Å²) in [7, 11) is 0. The van der Waals surface area contributed by atoms with Crippen molar-refractivity contribution in [3.63, 3.8) is 0 Å². The number of nitrogens with zero attached hydrogens (tertiary/aromatic N) is 1. The third-order valence-electron chi connectivity index (χ3n) is 11.6. The maximum absolute atomic E-state index is 13.5. The number of ketones is 2. The minimum atomic E-state index is -0.218. The number of rotatable bonds is 6. The molecule has 1 aliphatic carbocycles. The SMILES string of the molecule is Cc1cc(C)c(-c2ccc(N(c3ccc(-c4cc(C)c(C)cc4C)cc3)c3ccc4cc(C=C5C(=O)c6cc7ccccc7cc6C5=O)ccc4c3)cc2)c(C)c1. The molecule has 0 N–H and O–H groups in total. The van der Waals surface area contributed by atoms with Crippen molar-refractivity contribution >= 4 is 56.2 Å². The Labute approximate surface area is 334 Å². The number of allylic oxidation sites excluding steroid dienone is 1. The minimum Gasteiger partial charge on any atom is -0.310 e. The van der Waals surface area contributed by atoms with Gasteiger partial charge in [0.2, 0.25) is 0 Å². The summed E-state index contributed by atoms with van der Waals surface area (Å²) in [5.41, 5.74) is 17.7. The standard InChI is InChI=1S/C54H43NO2/c1-32-23-36(5)52(37(6)24-32)40-15-20-46(21-16-40)55(45-18-13-39(14-19-45)48-26-34(3)33(2)25-35(48)4)47-22-17-43-27-38(11-12-44(43)29-47)28-51-53(56)49-30-41-9-7-8-10-42(41)31-50(49)54(51)57/h7-31H,1-6H3. The van der Waals surface area contributed by atoms with Gasteiger partial charge in [-0.3, -0.25) is 9.59 Å². The van der Waals surface area contributed by atoms with Crippen molar-refractivity contribution in [2.24, 2.45) is 0 Å².